The zero-order valence-corrected chi connectivity index (χ0v) is 11.8. The molecule has 0 amide bonds. The Bertz CT molecular complexity index is 378. The van der Waals surface area contributed by atoms with Gasteiger partial charge >= 0.3 is 0 Å². The summed E-state index contributed by atoms with van der Waals surface area (Å²) >= 11 is 0. The summed E-state index contributed by atoms with van der Waals surface area (Å²) in [6.07, 6.45) is 7.77. The van der Waals surface area contributed by atoms with E-state index < -0.39 is 0 Å². The van der Waals surface area contributed by atoms with E-state index in [1.807, 2.05) is 12.4 Å². The van der Waals surface area contributed by atoms with Crippen molar-refractivity contribution in [1.29, 1.82) is 0 Å². The first-order chi connectivity index (χ1) is 8.77. The van der Waals surface area contributed by atoms with Gasteiger partial charge in [-0.3, -0.25) is 4.98 Å². The second kappa shape index (κ2) is 6.19. The third kappa shape index (κ3) is 2.66. The van der Waals surface area contributed by atoms with Gasteiger partial charge in [0.25, 0.3) is 0 Å². The smallest absolute Gasteiger partial charge is 0.0603 e. The molecule has 1 saturated heterocycles. The van der Waals surface area contributed by atoms with Gasteiger partial charge in [-0.2, -0.15) is 0 Å². The minimum atomic E-state index is 0.638. The molecule has 18 heavy (non-hydrogen) atoms. The van der Waals surface area contributed by atoms with E-state index in [4.69, 9.17) is 0 Å². The van der Waals surface area contributed by atoms with Crippen LogP contribution in [0.1, 0.15) is 45.6 Å². The van der Waals surface area contributed by atoms with E-state index in [2.05, 4.69) is 42.0 Å². The Labute approximate surface area is 111 Å². The number of nitrogens with zero attached hydrogens (tertiary/aromatic N) is 2. The Morgan fingerprint density at radius 1 is 1.39 bits per heavy atom. The molecule has 2 rings (SSSR count). The lowest BCUT2D eigenvalue weighted by Crippen LogP contribution is -2.35. The fourth-order valence-corrected chi connectivity index (χ4v) is 2.96. The molecule has 1 aliphatic heterocycles. The van der Waals surface area contributed by atoms with Gasteiger partial charge in [0.05, 0.1) is 11.9 Å². The van der Waals surface area contributed by atoms with Crippen molar-refractivity contribution < 1.29 is 0 Å². The monoisotopic (exact) mass is 247 g/mol. The van der Waals surface area contributed by atoms with Crippen molar-refractivity contribution in [2.75, 3.05) is 11.4 Å². The molecule has 3 nitrogen and oxygen atoms in total. The minimum absolute atomic E-state index is 0.638. The average Bonchev–Trinajstić information content (AvgIpc) is 2.77. The van der Waals surface area contributed by atoms with E-state index in [0.29, 0.717) is 12.1 Å². The predicted molar refractivity (Wildman–Crippen MR) is 76.9 cm³/mol. The molecule has 0 spiro atoms. The van der Waals surface area contributed by atoms with Gasteiger partial charge in [0.1, 0.15) is 0 Å². The van der Waals surface area contributed by atoms with Crippen LogP contribution in [0.25, 0.3) is 0 Å². The van der Waals surface area contributed by atoms with Crippen molar-refractivity contribution in [3.05, 3.63) is 24.0 Å². The highest BCUT2D eigenvalue weighted by Gasteiger charge is 2.30. The molecule has 1 aromatic rings. The van der Waals surface area contributed by atoms with Crippen molar-refractivity contribution in [3.63, 3.8) is 0 Å². The van der Waals surface area contributed by atoms with Crippen molar-refractivity contribution >= 4 is 5.69 Å². The summed E-state index contributed by atoms with van der Waals surface area (Å²) in [5, 5.41) is 3.42. The van der Waals surface area contributed by atoms with Crippen LogP contribution in [0.5, 0.6) is 0 Å². The summed E-state index contributed by atoms with van der Waals surface area (Å²) < 4.78 is 0. The molecule has 1 aliphatic rings. The Balaban J connectivity index is 2.25. The fraction of sp³-hybridized carbons (Fsp3) is 0.667. The Hall–Kier alpha value is -1.09. The van der Waals surface area contributed by atoms with Crippen LogP contribution in [0.4, 0.5) is 5.69 Å². The quantitative estimate of drug-likeness (QED) is 0.867. The topological polar surface area (TPSA) is 28.2 Å². The summed E-state index contributed by atoms with van der Waals surface area (Å²) in [7, 11) is 0. The number of anilines is 1. The molecule has 2 heterocycles. The van der Waals surface area contributed by atoms with Crippen LogP contribution in [0.2, 0.25) is 0 Å². The maximum atomic E-state index is 4.33. The number of rotatable bonds is 5. The largest absolute Gasteiger partial charge is 0.364 e. The average molecular weight is 247 g/mol. The molecule has 1 aromatic heterocycles. The van der Waals surface area contributed by atoms with Gasteiger partial charge in [0, 0.05) is 24.8 Å². The summed E-state index contributed by atoms with van der Waals surface area (Å²) in [5.41, 5.74) is 2.70. The first kappa shape index (κ1) is 13.3. The standard InChI is InChI=1S/C15H25N3/c1-4-14-7-6-12(3)18(14)15-11-17-9-8-13(15)10-16-5-2/h8-9,11-12,14,16H,4-7,10H2,1-3H3. The summed E-state index contributed by atoms with van der Waals surface area (Å²) in [6, 6.07) is 3.47. The highest BCUT2D eigenvalue weighted by molar-refractivity contribution is 5.54. The number of hydrogen-bond donors (Lipinski definition) is 1. The van der Waals surface area contributed by atoms with Gasteiger partial charge in [-0.1, -0.05) is 13.8 Å². The lowest BCUT2D eigenvalue weighted by Gasteiger charge is -2.31. The lowest BCUT2D eigenvalue weighted by molar-refractivity contribution is 0.620. The molecule has 1 fully saturated rings. The van der Waals surface area contributed by atoms with Gasteiger partial charge in [-0.15, -0.1) is 0 Å². The lowest BCUT2D eigenvalue weighted by atomic mass is 10.1. The van der Waals surface area contributed by atoms with Crippen LogP contribution in [0.3, 0.4) is 0 Å². The molecule has 0 bridgehead atoms. The molecular formula is C15H25N3. The van der Waals surface area contributed by atoms with Gasteiger partial charge in [-0.05, 0) is 44.4 Å². The molecule has 0 aromatic carbocycles. The third-order valence-electron chi connectivity index (χ3n) is 3.99. The van der Waals surface area contributed by atoms with E-state index in [1.54, 1.807) is 0 Å². The molecule has 2 unspecified atom stereocenters. The van der Waals surface area contributed by atoms with Gasteiger partial charge < -0.3 is 10.2 Å². The van der Waals surface area contributed by atoms with Crippen molar-refractivity contribution in [2.24, 2.45) is 0 Å². The minimum Gasteiger partial charge on any atom is -0.364 e. The number of hydrogen-bond acceptors (Lipinski definition) is 3. The zero-order chi connectivity index (χ0) is 13.0. The zero-order valence-electron chi connectivity index (χ0n) is 11.8. The predicted octanol–water partition coefficient (Wildman–Crippen LogP) is 2.96. The van der Waals surface area contributed by atoms with Crippen LogP contribution in [-0.2, 0) is 6.54 Å². The van der Waals surface area contributed by atoms with Crippen LogP contribution in [0, 0.1) is 0 Å². The molecule has 3 heteroatoms. The summed E-state index contributed by atoms with van der Waals surface area (Å²) in [4.78, 5) is 6.91. The van der Waals surface area contributed by atoms with Crippen LogP contribution < -0.4 is 10.2 Å². The Kier molecular flexibility index (Phi) is 4.59. The summed E-state index contributed by atoms with van der Waals surface area (Å²) in [6.45, 7) is 8.71. The normalized spacial score (nSPS) is 23.6. The van der Waals surface area contributed by atoms with Gasteiger partial charge in [0.2, 0.25) is 0 Å². The third-order valence-corrected chi connectivity index (χ3v) is 3.99. The fourth-order valence-electron chi connectivity index (χ4n) is 2.96. The first-order valence-electron chi connectivity index (χ1n) is 7.19. The van der Waals surface area contributed by atoms with E-state index >= 15 is 0 Å². The summed E-state index contributed by atoms with van der Waals surface area (Å²) in [5.74, 6) is 0. The number of pyridine rings is 1. The molecule has 0 saturated carbocycles. The van der Waals surface area contributed by atoms with E-state index in [9.17, 15) is 0 Å². The van der Waals surface area contributed by atoms with Gasteiger partial charge in [0.15, 0.2) is 0 Å². The number of nitrogens with one attached hydrogen (secondary N) is 1. The van der Waals surface area contributed by atoms with Crippen LogP contribution in [-0.4, -0.2) is 23.6 Å². The van der Waals surface area contributed by atoms with Crippen LogP contribution in [0.15, 0.2) is 18.5 Å². The van der Waals surface area contributed by atoms with Crippen molar-refractivity contribution in [2.45, 2.75) is 58.7 Å². The first-order valence-corrected chi connectivity index (χ1v) is 7.19. The SMILES string of the molecule is CCNCc1ccncc1N1C(C)CCC1CC. The van der Waals surface area contributed by atoms with E-state index in [1.165, 1.54) is 30.5 Å². The van der Waals surface area contributed by atoms with E-state index in [0.717, 1.165) is 13.1 Å². The number of aromatic nitrogens is 1. The maximum Gasteiger partial charge on any atom is 0.0603 e. The molecular weight excluding hydrogens is 222 g/mol. The highest BCUT2D eigenvalue weighted by atomic mass is 15.2. The Morgan fingerprint density at radius 3 is 2.94 bits per heavy atom. The van der Waals surface area contributed by atoms with Gasteiger partial charge in [-0.25, -0.2) is 0 Å². The molecule has 1 N–H and O–H groups in total. The second-order valence-electron chi connectivity index (χ2n) is 5.18. The van der Waals surface area contributed by atoms with Crippen LogP contribution >= 0.6 is 0 Å². The maximum absolute atomic E-state index is 4.33. The Morgan fingerprint density at radius 2 is 2.22 bits per heavy atom. The second-order valence-corrected chi connectivity index (χ2v) is 5.18. The van der Waals surface area contributed by atoms with Crippen molar-refractivity contribution in [1.82, 2.24) is 10.3 Å². The van der Waals surface area contributed by atoms with E-state index in [-0.39, 0.29) is 0 Å². The molecule has 100 valence electrons. The molecule has 0 aliphatic carbocycles. The molecule has 2 atom stereocenters. The van der Waals surface area contributed by atoms with Crippen molar-refractivity contribution in [3.8, 4) is 0 Å². The molecule has 0 radical (unpaired) electrons. The highest BCUT2D eigenvalue weighted by Crippen LogP contribution is 2.33.